The van der Waals surface area contributed by atoms with Gasteiger partial charge in [0.1, 0.15) is 0 Å². The van der Waals surface area contributed by atoms with Crippen molar-refractivity contribution in [2.45, 2.75) is 40.5 Å². The lowest BCUT2D eigenvalue weighted by molar-refractivity contribution is 0.544. The zero-order valence-electron chi connectivity index (χ0n) is 8.63. The summed E-state index contributed by atoms with van der Waals surface area (Å²) in [4.78, 5) is 1.38. The predicted molar refractivity (Wildman–Crippen MR) is 58.8 cm³/mol. The van der Waals surface area contributed by atoms with E-state index in [0.29, 0.717) is 0 Å². The highest BCUT2D eigenvalue weighted by Gasteiger charge is 1.88. The second kappa shape index (κ2) is 7.35. The van der Waals surface area contributed by atoms with Crippen LogP contribution in [-0.4, -0.2) is 0 Å². The maximum Gasteiger partial charge on any atom is 0.00141 e. The average Bonchev–Trinajstić information content (AvgIpc) is 2.55. The van der Waals surface area contributed by atoms with Crippen LogP contribution < -0.4 is 0 Å². The van der Waals surface area contributed by atoms with Crippen LogP contribution >= 0.6 is 11.3 Å². The van der Waals surface area contributed by atoms with Crippen molar-refractivity contribution in [3.8, 4) is 0 Å². The summed E-state index contributed by atoms with van der Waals surface area (Å²) in [6, 6.07) is 4.16. The van der Waals surface area contributed by atoms with Gasteiger partial charge in [-0.25, -0.2) is 0 Å². The maximum absolute atomic E-state index is 2.28. The van der Waals surface area contributed by atoms with Gasteiger partial charge in [-0.1, -0.05) is 39.7 Å². The normalized spacial score (nSPS) is 9.42. The molecule has 1 heterocycles. The van der Waals surface area contributed by atoms with Crippen molar-refractivity contribution in [2.75, 3.05) is 0 Å². The lowest BCUT2D eigenvalue weighted by atomic mass is 10.1. The molecule has 0 aliphatic heterocycles. The SMILES string of the molecule is CCC(C)CC.Cc1cccs1. The molecule has 12 heavy (non-hydrogen) atoms. The molecule has 70 valence electrons. The summed E-state index contributed by atoms with van der Waals surface area (Å²) in [6.45, 7) is 8.84. The summed E-state index contributed by atoms with van der Waals surface area (Å²) in [5.41, 5.74) is 0. The molecule has 0 unspecified atom stereocenters. The first-order valence-electron chi connectivity index (χ1n) is 4.70. The maximum atomic E-state index is 2.28. The van der Waals surface area contributed by atoms with E-state index in [4.69, 9.17) is 0 Å². The molecule has 0 amide bonds. The van der Waals surface area contributed by atoms with Gasteiger partial charge >= 0.3 is 0 Å². The van der Waals surface area contributed by atoms with Crippen LogP contribution in [0, 0.1) is 12.8 Å². The first kappa shape index (κ1) is 11.7. The Morgan fingerprint density at radius 1 is 1.33 bits per heavy atom. The molecular weight excluding hydrogens is 164 g/mol. The van der Waals surface area contributed by atoms with Crippen molar-refractivity contribution in [2.24, 2.45) is 5.92 Å². The summed E-state index contributed by atoms with van der Waals surface area (Å²) in [6.07, 6.45) is 2.66. The Morgan fingerprint density at radius 2 is 1.92 bits per heavy atom. The summed E-state index contributed by atoms with van der Waals surface area (Å²) in [7, 11) is 0. The molecule has 0 saturated carbocycles. The molecule has 1 rings (SSSR count). The molecule has 0 radical (unpaired) electrons. The first-order valence-corrected chi connectivity index (χ1v) is 5.58. The van der Waals surface area contributed by atoms with E-state index in [1.54, 1.807) is 11.3 Å². The molecule has 0 atom stereocenters. The standard InChI is InChI=1S/C6H14.C5H6S/c1-4-6(3)5-2;1-5-3-2-4-6-5/h6H,4-5H2,1-3H3;2-4H,1H3. The van der Waals surface area contributed by atoms with Gasteiger partial charge in [-0.15, -0.1) is 11.3 Å². The summed E-state index contributed by atoms with van der Waals surface area (Å²) >= 11 is 1.78. The van der Waals surface area contributed by atoms with E-state index in [1.165, 1.54) is 17.7 Å². The third-order valence-electron chi connectivity index (χ3n) is 2.06. The third-order valence-corrected chi connectivity index (χ3v) is 2.86. The molecule has 1 aromatic rings. The minimum absolute atomic E-state index is 0.935. The predicted octanol–water partition coefficient (Wildman–Crippen LogP) is 4.50. The van der Waals surface area contributed by atoms with Gasteiger partial charge in [-0.05, 0) is 24.3 Å². The van der Waals surface area contributed by atoms with Gasteiger partial charge in [0.05, 0.1) is 0 Å². The molecule has 0 nitrogen and oxygen atoms in total. The molecule has 1 aromatic heterocycles. The molecule has 0 saturated heterocycles. The van der Waals surface area contributed by atoms with Gasteiger partial charge in [0.15, 0.2) is 0 Å². The molecular formula is C11H20S. The lowest BCUT2D eigenvalue weighted by Crippen LogP contribution is -1.85. The fourth-order valence-electron chi connectivity index (χ4n) is 0.649. The second-order valence-electron chi connectivity index (χ2n) is 3.15. The van der Waals surface area contributed by atoms with Crippen LogP contribution in [-0.2, 0) is 0 Å². The fraction of sp³-hybridized carbons (Fsp3) is 0.636. The van der Waals surface area contributed by atoms with Gasteiger partial charge in [0.25, 0.3) is 0 Å². The van der Waals surface area contributed by atoms with Crippen LogP contribution in [0.5, 0.6) is 0 Å². The van der Waals surface area contributed by atoms with E-state index in [9.17, 15) is 0 Å². The summed E-state index contributed by atoms with van der Waals surface area (Å²) in [5, 5.41) is 2.08. The highest BCUT2D eigenvalue weighted by atomic mass is 32.1. The molecule has 0 N–H and O–H groups in total. The fourth-order valence-corrected chi connectivity index (χ4v) is 1.18. The number of thiophene rings is 1. The smallest absolute Gasteiger partial charge is 0.00141 e. The molecule has 0 spiro atoms. The Morgan fingerprint density at radius 3 is 2.00 bits per heavy atom. The number of hydrogen-bond donors (Lipinski definition) is 0. The van der Waals surface area contributed by atoms with E-state index in [2.05, 4.69) is 45.2 Å². The van der Waals surface area contributed by atoms with Crippen LogP contribution in [0.4, 0.5) is 0 Å². The largest absolute Gasteiger partial charge is 0.149 e. The minimum atomic E-state index is 0.935. The van der Waals surface area contributed by atoms with E-state index < -0.39 is 0 Å². The zero-order chi connectivity index (χ0) is 9.40. The van der Waals surface area contributed by atoms with Crippen LogP contribution in [0.2, 0.25) is 0 Å². The Bertz CT molecular complexity index is 161. The van der Waals surface area contributed by atoms with Crippen LogP contribution in [0.15, 0.2) is 17.5 Å². The second-order valence-corrected chi connectivity index (χ2v) is 4.30. The minimum Gasteiger partial charge on any atom is -0.149 e. The number of hydrogen-bond acceptors (Lipinski definition) is 1. The molecule has 0 fully saturated rings. The highest BCUT2D eigenvalue weighted by molar-refractivity contribution is 7.09. The monoisotopic (exact) mass is 184 g/mol. The van der Waals surface area contributed by atoms with Gasteiger partial charge in [-0.3, -0.25) is 0 Å². The van der Waals surface area contributed by atoms with Crippen molar-refractivity contribution >= 4 is 11.3 Å². The topological polar surface area (TPSA) is 0 Å². The van der Waals surface area contributed by atoms with Crippen molar-refractivity contribution in [3.63, 3.8) is 0 Å². The van der Waals surface area contributed by atoms with Gasteiger partial charge < -0.3 is 0 Å². The molecule has 0 aromatic carbocycles. The number of rotatable bonds is 2. The van der Waals surface area contributed by atoms with Gasteiger partial charge in [0.2, 0.25) is 0 Å². The molecule has 1 heteroatoms. The summed E-state index contributed by atoms with van der Waals surface area (Å²) in [5.74, 6) is 0.935. The van der Waals surface area contributed by atoms with Gasteiger partial charge in [0, 0.05) is 4.88 Å². The summed E-state index contributed by atoms with van der Waals surface area (Å²) < 4.78 is 0. The van der Waals surface area contributed by atoms with E-state index in [1.807, 2.05) is 0 Å². The zero-order valence-corrected chi connectivity index (χ0v) is 9.45. The van der Waals surface area contributed by atoms with Crippen molar-refractivity contribution in [3.05, 3.63) is 22.4 Å². The quantitative estimate of drug-likeness (QED) is 0.635. The lowest BCUT2D eigenvalue weighted by Gasteiger charge is -1.98. The molecule has 0 aliphatic carbocycles. The third kappa shape index (κ3) is 6.41. The van der Waals surface area contributed by atoms with Gasteiger partial charge in [-0.2, -0.15) is 0 Å². The first-order chi connectivity index (χ1) is 5.70. The van der Waals surface area contributed by atoms with E-state index in [0.717, 1.165) is 5.92 Å². The van der Waals surface area contributed by atoms with E-state index >= 15 is 0 Å². The van der Waals surface area contributed by atoms with Crippen molar-refractivity contribution in [1.82, 2.24) is 0 Å². The Balaban J connectivity index is 0.000000202. The average molecular weight is 184 g/mol. The Labute approximate surface area is 80.6 Å². The highest BCUT2D eigenvalue weighted by Crippen LogP contribution is 2.03. The number of aryl methyl sites for hydroxylation is 1. The van der Waals surface area contributed by atoms with E-state index in [-0.39, 0.29) is 0 Å². The Kier molecular flexibility index (Phi) is 7.17. The van der Waals surface area contributed by atoms with Crippen LogP contribution in [0.1, 0.15) is 38.5 Å². The van der Waals surface area contributed by atoms with Crippen molar-refractivity contribution in [1.29, 1.82) is 0 Å². The van der Waals surface area contributed by atoms with Crippen LogP contribution in [0.25, 0.3) is 0 Å². The molecule has 0 bridgehead atoms. The van der Waals surface area contributed by atoms with Crippen LogP contribution in [0.3, 0.4) is 0 Å². The van der Waals surface area contributed by atoms with Crippen molar-refractivity contribution < 1.29 is 0 Å². The Hall–Kier alpha value is -0.300. The molecule has 0 aliphatic rings.